The number of likely N-dealkylation sites (tertiary alicyclic amines) is 1. The number of para-hydroxylation sites is 2. The average molecular weight is 485 g/mol. The highest BCUT2D eigenvalue weighted by Gasteiger charge is 2.22. The molecule has 0 bridgehead atoms. The molecule has 36 heavy (non-hydrogen) atoms. The summed E-state index contributed by atoms with van der Waals surface area (Å²) in [5.74, 6) is 2.87. The van der Waals surface area contributed by atoms with Crippen LogP contribution in [0.3, 0.4) is 0 Å². The van der Waals surface area contributed by atoms with Crippen molar-refractivity contribution in [1.29, 1.82) is 0 Å². The van der Waals surface area contributed by atoms with Crippen LogP contribution in [0.15, 0.2) is 77.9 Å². The van der Waals surface area contributed by atoms with Gasteiger partial charge in [-0.3, -0.25) is 9.89 Å². The summed E-state index contributed by atoms with van der Waals surface area (Å²) in [5.41, 5.74) is 2.27. The predicted octanol–water partition coefficient (Wildman–Crippen LogP) is 5.83. The van der Waals surface area contributed by atoms with Gasteiger partial charge in [0.05, 0.1) is 12.2 Å². The number of benzene rings is 2. The van der Waals surface area contributed by atoms with Gasteiger partial charge in [0.2, 0.25) is 5.88 Å². The zero-order chi connectivity index (χ0) is 24.4. The Morgan fingerprint density at radius 1 is 0.833 bits per heavy atom. The van der Waals surface area contributed by atoms with E-state index in [9.17, 15) is 0 Å². The van der Waals surface area contributed by atoms with Gasteiger partial charge >= 0.3 is 0 Å². The highest BCUT2D eigenvalue weighted by molar-refractivity contribution is 6.01. The van der Waals surface area contributed by atoms with E-state index in [1.165, 1.54) is 5.56 Å². The van der Waals surface area contributed by atoms with Crippen LogP contribution in [0.5, 0.6) is 17.4 Å². The standard InChI is InChI=1S/C30H36N4O2/c1-2-9-22-35-27-14-6-7-15-28(27)36-30-26(13-10-19-32-30)29(31-18-8-1)33-25-16-20-34(21-17-25)23-24-11-4-3-5-12-24/h3-7,10-15,19,25H,1-2,8-9,16-18,20-23H2,(H,31,33). The van der Waals surface area contributed by atoms with Gasteiger partial charge in [-0.2, -0.15) is 0 Å². The number of amidine groups is 1. The topological polar surface area (TPSA) is 59.0 Å². The number of aromatic nitrogens is 1. The van der Waals surface area contributed by atoms with Crippen molar-refractivity contribution in [2.75, 3.05) is 26.2 Å². The molecule has 188 valence electrons. The van der Waals surface area contributed by atoms with Crippen LogP contribution in [0.1, 0.15) is 49.7 Å². The van der Waals surface area contributed by atoms with E-state index < -0.39 is 0 Å². The highest BCUT2D eigenvalue weighted by Crippen LogP contribution is 2.32. The highest BCUT2D eigenvalue weighted by atomic mass is 16.5. The molecule has 5 rings (SSSR count). The van der Waals surface area contributed by atoms with E-state index in [4.69, 9.17) is 14.5 Å². The fourth-order valence-electron chi connectivity index (χ4n) is 4.83. The smallest absolute Gasteiger partial charge is 0.230 e. The number of nitrogens with one attached hydrogen (secondary N) is 1. The van der Waals surface area contributed by atoms with Gasteiger partial charge in [-0.15, -0.1) is 0 Å². The lowest BCUT2D eigenvalue weighted by Crippen LogP contribution is -2.44. The summed E-state index contributed by atoms with van der Waals surface area (Å²) in [4.78, 5) is 12.2. The van der Waals surface area contributed by atoms with Crippen molar-refractivity contribution in [2.45, 2.75) is 51.1 Å². The molecule has 2 aliphatic rings. The number of nitrogens with zero attached hydrogens (tertiary/aromatic N) is 3. The van der Waals surface area contributed by atoms with E-state index in [1.54, 1.807) is 6.20 Å². The Morgan fingerprint density at radius 3 is 2.47 bits per heavy atom. The van der Waals surface area contributed by atoms with Gasteiger partial charge < -0.3 is 14.8 Å². The van der Waals surface area contributed by atoms with Gasteiger partial charge in [0.1, 0.15) is 5.84 Å². The lowest BCUT2D eigenvalue weighted by molar-refractivity contribution is 0.199. The van der Waals surface area contributed by atoms with E-state index in [0.717, 1.165) is 81.9 Å². The van der Waals surface area contributed by atoms with Gasteiger partial charge in [0, 0.05) is 38.4 Å². The van der Waals surface area contributed by atoms with E-state index in [2.05, 4.69) is 45.5 Å². The van der Waals surface area contributed by atoms with Crippen molar-refractivity contribution in [3.63, 3.8) is 0 Å². The van der Waals surface area contributed by atoms with Crippen LogP contribution in [-0.2, 0) is 6.54 Å². The van der Waals surface area contributed by atoms with Gasteiger partial charge in [-0.1, -0.05) is 48.9 Å². The van der Waals surface area contributed by atoms with E-state index >= 15 is 0 Å². The largest absolute Gasteiger partial charge is 0.490 e. The van der Waals surface area contributed by atoms with E-state index in [1.807, 2.05) is 36.4 Å². The van der Waals surface area contributed by atoms with Crippen molar-refractivity contribution < 1.29 is 9.47 Å². The van der Waals surface area contributed by atoms with E-state index in [0.29, 0.717) is 24.3 Å². The predicted molar refractivity (Wildman–Crippen MR) is 144 cm³/mol. The first kappa shape index (κ1) is 24.3. The van der Waals surface area contributed by atoms with Gasteiger partial charge in [0.15, 0.2) is 11.5 Å². The third kappa shape index (κ3) is 6.64. The maximum Gasteiger partial charge on any atom is 0.230 e. The first-order chi connectivity index (χ1) is 17.8. The monoisotopic (exact) mass is 484 g/mol. The van der Waals surface area contributed by atoms with Crippen molar-refractivity contribution in [3.8, 4) is 17.4 Å². The molecule has 0 radical (unpaired) electrons. The number of fused-ring (bicyclic) bond motifs is 2. The maximum atomic E-state index is 6.32. The Hall–Kier alpha value is -3.38. The van der Waals surface area contributed by atoms with Gasteiger partial charge in [0.25, 0.3) is 0 Å². The van der Waals surface area contributed by atoms with Crippen molar-refractivity contribution in [2.24, 2.45) is 4.99 Å². The fourth-order valence-corrected chi connectivity index (χ4v) is 4.83. The average Bonchev–Trinajstić information content (AvgIpc) is 2.92. The van der Waals surface area contributed by atoms with Crippen LogP contribution >= 0.6 is 0 Å². The Morgan fingerprint density at radius 2 is 1.61 bits per heavy atom. The Kier molecular flexibility index (Phi) is 8.47. The molecule has 0 aliphatic carbocycles. The van der Waals surface area contributed by atoms with Crippen molar-refractivity contribution >= 4 is 5.84 Å². The molecule has 2 aliphatic heterocycles. The van der Waals surface area contributed by atoms with Gasteiger partial charge in [-0.05, 0) is 61.9 Å². The molecule has 3 heterocycles. The summed E-state index contributed by atoms with van der Waals surface area (Å²) in [7, 11) is 0. The Balaban J connectivity index is 1.32. The molecule has 0 saturated carbocycles. The molecule has 0 amide bonds. The summed E-state index contributed by atoms with van der Waals surface area (Å²) >= 11 is 0. The number of hydrogen-bond acceptors (Lipinski definition) is 6. The summed E-state index contributed by atoms with van der Waals surface area (Å²) in [5, 5.41) is 3.77. The molecule has 0 unspecified atom stereocenters. The van der Waals surface area contributed by atoms with Crippen molar-refractivity contribution in [3.05, 3.63) is 84.1 Å². The SMILES string of the molecule is c1ccc(CN2CCC(NC3=NCCCCCCOc4ccccc4Oc4ncccc43)CC2)cc1. The molecule has 0 spiro atoms. The van der Waals surface area contributed by atoms with Crippen LogP contribution in [0.25, 0.3) is 0 Å². The molecular weight excluding hydrogens is 448 g/mol. The molecular formula is C30H36N4O2. The van der Waals surface area contributed by atoms with Crippen LogP contribution in [0.4, 0.5) is 0 Å². The number of rotatable bonds is 3. The Labute approximate surface area is 214 Å². The number of ether oxygens (including phenoxy) is 2. The Bertz CT molecular complexity index is 1130. The maximum absolute atomic E-state index is 6.32. The van der Waals surface area contributed by atoms with Crippen LogP contribution in [-0.4, -0.2) is 48.0 Å². The summed E-state index contributed by atoms with van der Waals surface area (Å²) < 4.78 is 12.4. The summed E-state index contributed by atoms with van der Waals surface area (Å²) in [6.07, 6.45) is 8.31. The quantitative estimate of drug-likeness (QED) is 0.507. The minimum Gasteiger partial charge on any atom is -0.490 e. The normalized spacial score (nSPS) is 17.9. The first-order valence-electron chi connectivity index (χ1n) is 13.3. The molecule has 3 aromatic rings. The third-order valence-corrected chi connectivity index (χ3v) is 6.84. The molecule has 2 aromatic carbocycles. The van der Waals surface area contributed by atoms with Crippen LogP contribution < -0.4 is 14.8 Å². The lowest BCUT2D eigenvalue weighted by atomic mass is 10.0. The number of piperidine rings is 1. The van der Waals surface area contributed by atoms with Crippen molar-refractivity contribution in [1.82, 2.24) is 15.2 Å². The number of pyridine rings is 1. The number of aliphatic imine (C=N–C) groups is 1. The molecule has 6 heteroatoms. The second kappa shape index (κ2) is 12.5. The molecule has 6 nitrogen and oxygen atoms in total. The minimum atomic E-state index is 0.373. The van der Waals surface area contributed by atoms with Crippen LogP contribution in [0, 0.1) is 0 Å². The van der Waals surface area contributed by atoms with Gasteiger partial charge in [-0.25, -0.2) is 4.98 Å². The van der Waals surface area contributed by atoms with Crippen LogP contribution in [0.2, 0.25) is 0 Å². The second-order valence-corrected chi connectivity index (χ2v) is 9.58. The second-order valence-electron chi connectivity index (χ2n) is 9.58. The molecule has 0 atom stereocenters. The zero-order valence-corrected chi connectivity index (χ0v) is 20.9. The molecule has 1 fully saturated rings. The zero-order valence-electron chi connectivity index (χ0n) is 20.9. The molecule has 1 N–H and O–H groups in total. The third-order valence-electron chi connectivity index (χ3n) is 6.84. The number of hydrogen-bond donors (Lipinski definition) is 1. The minimum absolute atomic E-state index is 0.373. The summed E-state index contributed by atoms with van der Waals surface area (Å²) in [6.45, 7) is 4.63. The van der Waals surface area contributed by atoms with E-state index in [-0.39, 0.29) is 0 Å². The molecule has 1 saturated heterocycles. The fraction of sp³-hybridized carbons (Fsp3) is 0.400. The summed E-state index contributed by atoms with van der Waals surface area (Å²) in [6, 6.07) is 22.9. The molecule has 1 aromatic heterocycles. The first-order valence-corrected chi connectivity index (χ1v) is 13.3. The lowest BCUT2D eigenvalue weighted by Gasteiger charge is -2.33.